The molecule has 2 amide bonds. The number of piperidine rings is 1. The lowest BCUT2D eigenvalue weighted by molar-refractivity contribution is -0.142. The van der Waals surface area contributed by atoms with E-state index in [9.17, 15) is 9.59 Å². The van der Waals surface area contributed by atoms with Crippen LogP contribution in [0.2, 0.25) is 0 Å². The number of hydrogen-bond acceptors (Lipinski definition) is 5. The number of rotatable bonds is 4. The third-order valence-corrected chi connectivity index (χ3v) is 5.66. The van der Waals surface area contributed by atoms with Gasteiger partial charge in [0, 0.05) is 24.9 Å². The van der Waals surface area contributed by atoms with Crippen LogP contribution < -0.4 is 5.32 Å². The van der Waals surface area contributed by atoms with Gasteiger partial charge in [0.05, 0.1) is 29.2 Å². The molecular formula is C22H21N5O2. The predicted molar refractivity (Wildman–Crippen MR) is 108 cm³/mol. The van der Waals surface area contributed by atoms with Crippen molar-refractivity contribution in [3.63, 3.8) is 0 Å². The van der Waals surface area contributed by atoms with E-state index in [1.54, 1.807) is 18.6 Å². The van der Waals surface area contributed by atoms with Crippen LogP contribution in [-0.4, -0.2) is 37.7 Å². The zero-order valence-corrected chi connectivity index (χ0v) is 15.9. The fourth-order valence-corrected chi connectivity index (χ4v) is 4.16. The minimum Gasteiger partial charge on any atom is -0.332 e. The summed E-state index contributed by atoms with van der Waals surface area (Å²) in [5.41, 5.74) is 2.46. The van der Waals surface area contributed by atoms with E-state index in [0.717, 1.165) is 29.4 Å². The first kappa shape index (κ1) is 17.7. The Hall–Kier alpha value is -3.35. The number of fused-ring (bicyclic) bond motifs is 1. The van der Waals surface area contributed by atoms with Gasteiger partial charge in [-0.2, -0.15) is 0 Å². The van der Waals surface area contributed by atoms with Gasteiger partial charge in [0.1, 0.15) is 0 Å². The number of aromatic nitrogens is 3. The van der Waals surface area contributed by atoms with Gasteiger partial charge in [0.25, 0.3) is 0 Å². The number of likely N-dealkylation sites (tertiary alicyclic amines) is 1. The predicted octanol–water partition coefficient (Wildman–Crippen LogP) is 3.11. The maximum atomic E-state index is 13.3. The maximum absolute atomic E-state index is 13.3. The van der Waals surface area contributed by atoms with Crippen molar-refractivity contribution < 1.29 is 9.59 Å². The van der Waals surface area contributed by atoms with Crippen molar-refractivity contribution >= 4 is 28.7 Å². The van der Waals surface area contributed by atoms with Crippen LogP contribution >= 0.6 is 0 Å². The molecule has 3 aromatic rings. The van der Waals surface area contributed by atoms with Crippen molar-refractivity contribution in [1.29, 1.82) is 0 Å². The number of hydrogen-bond donors (Lipinski definition) is 1. The van der Waals surface area contributed by atoms with Gasteiger partial charge >= 0.3 is 0 Å². The molecule has 7 nitrogen and oxygen atoms in total. The molecule has 0 spiro atoms. The Balaban J connectivity index is 1.45. The molecule has 146 valence electrons. The van der Waals surface area contributed by atoms with E-state index in [1.165, 1.54) is 0 Å². The standard InChI is InChI=1S/C22H21N5O2/c28-20-8-7-16(21(27(20)15-5-6-15)14-9-11-23-12-10-14)22(29)26-19-13-24-17-3-1-2-4-18(17)25-19/h1-4,9-13,15-16,21H,5-8H2,(H,25,26,29)/t16-,21+/m0/s1. The molecule has 7 heteroatoms. The average molecular weight is 387 g/mol. The molecular weight excluding hydrogens is 366 g/mol. The molecule has 29 heavy (non-hydrogen) atoms. The minimum atomic E-state index is -0.344. The number of amides is 2. The second-order valence-electron chi connectivity index (χ2n) is 7.64. The highest BCUT2D eigenvalue weighted by atomic mass is 16.2. The molecule has 1 saturated carbocycles. The van der Waals surface area contributed by atoms with Gasteiger partial charge in [-0.15, -0.1) is 0 Å². The lowest BCUT2D eigenvalue weighted by Gasteiger charge is -2.41. The Bertz CT molecular complexity index is 1070. The SMILES string of the molecule is O=C(Nc1cnc2ccccc2n1)[C@H]1CCC(=O)N(C2CC2)[C@@H]1c1ccncc1. The number of carbonyl (C=O) groups excluding carboxylic acids is 2. The smallest absolute Gasteiger partial charge is 0.231 e. The van der Waals surface area contributed by atoms with Gasteiger partial charge in [0.15, 0.2) is 5.82 Å². The Morgan fingerprint density at radius 2 is 1.79 bits per heavy atom. The first-order chi connectivity index (χ1) is 14.2. The third-order valence-electron chi connectivity index (χ3n) is 5.66. The highest BCUT2D eigenvalue weighted by Crippen LogP contribution is 2.43. The lowest BCUT2D eigenvalue weighted by atomic mass is 9.83. The van der Waals surface area contributed by atoms with Gasteiger partial charge < -0.3 is 10.2 Å². The van der Waals surface area contributed by atoms with E-state index >= 15 is 0 Å². The third kappa shape index (κ3) is 3.44. The van der Waals surface area contributed by atoms with Gasteiger partial charge in [-0.25, -0.2) is 4.98 Å². The summed E-state index contributed by atoms with van der Waals surface area (Å²) in [6, 6.07) is 11.3. The molecule has 0 radical (unpaired) electrons. The van der Waals surface area contributed by atoms with Crippen LogP contribution in [0, 0.1) is 5.92 Å². The number of nitrogens with zero attached hydrogens (tertiary/aromatic N) is 4. The average Bonchev–Trinajstić information content (AvgIpc) is 3.59. The summed E-state index contributed by atoms with van der Waals surface area (Å²) in [6.45, 7) is 0. The summed E-state index contributed by atoms with van der Waals surface area (Å²) in [4.78, 5) is 40.8. The van der Waals surface area contributed by atoms with Crippen LogP contribution in [-0.2, 0) is 9.59 Å². The Morgan fingerprint density at radius 3 is 2.55 bits per heavy atom. The zero-order valence-electron chi connectivity index (χ0n) is 15.9. The number of carbonyl (C=O) groups is 2. The Labute approximate surface area is 168 Å². The first-order valence-electron chi connectivity index (χ1n) is 9.94. The van der Waals surface area contributed by atoms with Crippen LogP contribution in [0.1, 0.15) is 37.3 Å². The van der Waals surface area contributed by atoms with Gasteiger partial charge in [-0.3, -0.25) is 19.6 Å². The molecule has 2 fully saturated rings. The molecule has 2 aliphatic rings. The molecule has 1 aliphatic carbocycles. The van der Waals surface area contributed by atoms with Crippen molar-refractivity contribution in [3.05, 3.63) is 60.6 Å². The van der Waals surface area contributed by atoms with Gasteiger partial charge in [-0.1, -0.05) is 12.1 Å². The molecule has 1 saturated heterocycles. The molecule has 1 aromatic carbocycles. The number of benzene rings is 1. The van der Waals surface area contributed by atoms with E-state index in [-0.39, 0.29) is 29.8 Å². The maximum Gasteiger partial charge on any atom is 0.231 e. The van der Waals surface area contributed by atoms with Crippen LogP contribution in [0.5, 0.6) is 0 Å². The van der Waals surface area contributed by atoms with Crippen molar-refractivity contribution in [2.75, 3.05) is 5.32 Å². The zero-order chi connectivity index (χ0) is 19.8. The second-order valence-corrected chi connectivity index (χ2v) is 7.64. The molecule has 2 atom stereocenters. The quantitative estimate of drug-likeness (QED) is 0.743. The van der Waals surface area contributed by atoms with Crippen LogP contribution in [0.25, 0.3) is 11.0 Å². The second kappa shape index (κ2) is 7.24. The van der Waals surface area contributed by atoms with Crippen molar-refractivity contribution in [3.8, 4) is 0 Å². The molecule has 3 heterocycles. The van der Waals surface area contributed by atoms with Crippen molar-refractivity contribution in [2.24, 2.45) is 5.92 Å². The molecule has 5 rings (SSSR count). The summed E-state index contributed by atoms with van der Waals surface area (Å²) < 4.78 is 0. The number of para-hydroxylation sites is 2. The first-order valence-corrected chi connectivity index (χ1v) is 9.94. The minimum absolute atomic E-state index is 0.129. The molecule has 2 aromatic heterocycles. The van der Waals surface area contributed by atoms with E-state index in [2.05, 4.69) is 20.3 Å². The Kier molecular flexibility index (Phi) is 4.42. The highest BCUT2D eigenvalue weighted by Gasteiger charge is 2.46. The fraction of sp³-hybridized carbons (Fsp3) is 0.318. The molecule has 1 aliphatic heterocycles. The molecule has 1 N–H and O–H groups in total. The van der Waals surface area contributed by atoms with E-state index in [4.69, 9.17) is 0 Å². The largest absolute Gasteiger partial charge is 0.332 e. The van der Waals surface area contributed by atoms with Crippen LogP contribution in [0.4, 0.5) is 5.82 Å². The summed E-state index contributed by atoms with van der Waals surface area (Å²) in [6.07, 6.45) is 7.90. The number of nitrogens with one attached hydrogen (secondary N) is 1. The number of pyridine rings is 1. The summed E-state index contributed by atoms with van der Waals surface area (Å²) in [5, 5.41) is 2.93. The normalized spacial score (nSPS) is 21.9. The van der Waals surface area contributed by atoms with E-state index < -0.39 is 0 Å². The lowest BCUT2D eigenvalue weighted by Crippen LogP contribution is -2.47. The topological polar surface area (TPSA) is 88.1 Å². The van der Waals surface area contributed by atoms with E-state index in [0.29, 0.717) is 18.7 Å². The number of anilines is 1. The highest BCUT2D eigenvalue weighted by molar-refractivity contribution is 5.94. The van der Waals surface area contributed by atoms with Crippen molar-refractivity contribution in [1.82, 2.24) is 19.9 Å². The summed E-state index contributed by atoms with van der Waals surface area (Å²) in [7, 11) is 0. The van der Waals surface area contributed by atoms with Gasteiger partial charge in [0.2, 0.25) is 11.8 Å². The van der Waals surface area contributed by atoms with Crippen LogP contribution in [0.3, 0.4) is 0 Å². The molecule has 0 bridgehead atoms. The van der Waals surface area contributed by atoms with Crippen molar-refractivity contribution in [2.45, 2.75) is 37.8 Å². The van der Waals surface area contributed by atoms with E-state index in [1.807, 2.05) is 41.3 Å². The van der Waals surface area contributed by atoms with Gasteiger partial charge in [-0.05, 0) is 49.1 Å². The molecule has 0 unspecified atom stereocenters. The van der Waals surface area contributed by atoms with Crippen LogP contribution in [0.15, 0.2) is 55.0 Å². The fourth-order valence-electron chi connectivity index (χ4n) is 4.16. The summed E-state index contributed by atoms with van der Waals surface area (Å²) >= 11 is 0. The summed E-state index contributed by atoms with van der Waals surface area (Å²) in [5.74, 6) is 0.0828. The Morgan fingerprint density at radius 1 is 1.03 bits per heavy atom. The monoisotopic (exact) mass is 387 g/mol.